The summed E-state index contributed by atoms with van der Waals surface area (Å²) in [6, 6.07) is 13.0. The van der Waals surface area contributed by atoms with Crippen LogP contribution in [-0.2, 0) is 0 Å². The molecule has 0 saturated heterocycles. The molecule has 0 aliphatic heterocycles. The van der Waals surface area contributed by atoms with Gasteiger partial charge in [0.1, 0.15) is 0 Å². The van der Waals surface area contributed by atoms with Crippen LogP contribution in [-0.4, -0.2) is 4.40 Å². The Kier molecular flexibility index (Phi) is 1.63. The molecule has 1 heteroatoms. The molecular weight excluding hydrogens is 182 g/mol. The third kappa shape index (κ3) is 1.09. The van der Waals surface area contributed by atoms with Gasteiger partial charge in [-0.05, 0) is 36.9 Å². The second-order valence-electron chi connectivity index (χ2n) is 4.09. The molecule has 0 fully saturated rings. The predicted molar refractivity (Wildman–Crippen MR) is 64.4 cm³/mol. The fourth-order valence-corrected chi connectivity index (χ4v) is 2.36. The van der Waals surface area contributed by atoms with Crippen molar-refractivity contribution in [3.05, 3.63) is 53.9 Å². The van der Waals surface area contributed by atoms with Gasteiger partial charge in [-0.2, -0.15) is 0 Å². The molecule has 2 heterocycles. The highest BCUT2D eigenvalue weighted by molar-refractivity contribution is 5.97. The molecule has 3 rings (SSSR count). The van der Waals surface area contributed by atoms with Crippen molar-refractivity contribution in [2.24, 2.45) is 0 Å². The van der Waals surface area contributed by atoms with E-state index in [1.165, 1.54) is 27.5 Å². The average Bonchev–Trinajstić information content (AvgIpc) is 2.55. The van der Waals surface area contributed by atoms with Crippen LogP contribution < -0.4 is 0 Å². The summed E-state index contributed by atoms with van der Waals surface area (Å²) in [6.07, 6.45) is 2.15. The maximum absolute atomic E-state index is 2.26. The summed E-state index contributed by atoms with van der Waals surface area (Å²) < 4.78 is 2.26. The van der Waals surface area contributed by atoms with Crippen LogP contribution in [0.2, 0.25) is 0 Å². The minimum atomic E-state index is 1.30. The standard InChI is InChI=1S/C14H13N/c1-10-9-11(2)15-8-7-12-5-3-4-6-13(12)14(10)15/h3-9H,1-2H3. The van der Waals surface area contributed by atoms with E-state index < -0.39 is 0 Å². The van der Waals surface area contributed by atoms with Gasteiger partial charge in [0.25, 0.3) is 0 Å². The summed E-state index contributed by atoms with van der Waals surface area (Å²) in [5.74, 6) is 0. The molecule has 1 aromatic carbocycles. The number of fused-ring (bicyclic) bond motifs is 3. The number of hydrogen-bond donors (Lipinski definition) is 0. The summed E-state index contributed by atoms with van der Waals surface area (Å²) in [7, 11) is 0. The minimum absolute atomic E-state index is 1.30. The van der Waals surface area contributed by atoms with E-state index in [4.69, 9.17) is 0 Å². The minimum Gasteiger partial charge on any atom is -0.320 e. The van der Waals surface area contributed by atoms with E-state index in [2.05, 4.69) is 60.8 Å². The van der Waals surface area contributed by atoms with Crippen molar-refractivity contribution in [3.63, 3.8) is 0 Å². The molecular formula is C14H13N. The molecule has 0 unspecified atom stereocenters. The van der Waals surface area contributed by atoms with E-state index in [1.54, 1.807) is 0 Å². The first-order valence-corrected chi connectivity index (χ1v) is 5.23. The number of rotatable bonds is 0. The molecule has 0 saturated carbocycles. The van der Waals surface area contributed by atoms with Gasteiger partial charge >= 0.3 is 0 Å². The van der Waals surface area contributed by atoms with Crippen molar-refractivity contribution in [1.82, 2.24) is 4.40 Å². The Bertz CT molecular complexity index is 647. The fraction of sp³-hybridized carbons (Fsp3) is 0.143. The zero-order chi connectivity index (χ0) is 10.4. The average molecular weight is 195 g/mol. The Labute approximate surface area is 89.0 Å². The monoisotopic (exact) mass is 195 g/mol. The Morgan fingerprint density at radius 2 is 1.80 bits per heavy atom. The molecule has 0 radical (unpaired) electrons. The first kappa shape index (κ1) is 8.54. The summed E-state index contributed by atoms with van der Waals surface area (Å²) in [4.78, 5) is 0. The van der Waals surface area contributed by atoms with E-state index >= 15 is 0 Å². The summed E-state index contributed by atoms with van der Waals surface area (Å²) in [5.41, 5.74) is 3.99. The van der Waals surface area contributed by atoms with Crippen molar-refractivity contribution < 1.29 is 0 Å². The number of pyridine rings is 1. The lowest BCUT2D eigenvalue weighted by Gasteiger charge is -2.03. The smallest absolute Gasteiger partial charge is 0.0560 e. The Morgan fingerprint density at radius 3 is 2.67 bits per heavy atom. The predicted octanol–water partition coefficient (Wildman–Crippen LogP) is 3.71. The number of nitrogens with zero attached hydrogens (tertiary/aromatic N) is 1. The molecule has 0 aliphatic carbocycles. The van der Waals surface area contributed by atoms with Crippen LogP contribution in [0.25, 0.3) is 16.3 Å². The summed E-state index contributed by atoms with van der Waals surface area (Å²) in [6.45, 7) is 4.32. The molecule has 0 atom stereocenters. The zero-order valence-electron chi connectivity index (χ0n) is 8.99. The van der Waals surface area contributed by atoms with Crippen molar-refractivity contribution in [3.8, 4) is 0 Å². The molecule has 15 heavy (non-hydrogen) atoms. The number of benzene rings is 1. The highest BCUT2D eigenvalue weighted by Crippen LogP contribution is 2.25. The maximum atomic E-state index is 2.26. The van der Waals surface area contributed by atoms with Crippen LogP contribution >= 0.6 is 0 Å². The van der Waals surface area contributed by atoms with Crippen molar-refractivity contribution in [2.75, 3.05) is 0 Å². The van der Waals surface area contributed by atoms with Crippen molar-refractivity contribution in [2.45, 2.75) is 13.8 Å². The van der Waals surface area contributed by atoms with Gasteiger partial charge in [-0.1, -0.05) is 24.3 Å². The van der Waals surface area contributed by atoms with Gasteiger partial charge in [0.2, 0.25) is 0 Å². The van der Waals surface area contributed by atoms with Gasteiger partial charge in [0, 0.05) is 17.3 Å². The van der Waals surface area contributed by atoms with E-state index in [9.17, 15) is 0 Å². The van der Waals surface area contributed by atoms with E-state index in [0.717, 1.165) is 0 Å². The SMILES string of the molecule is Cc1cc(C)n2ccc3ccccc3c12. The fourth-order valence-electron chi connectivity index (χ4n) is 2.36. The van der Waals surface area contributed by atoms with Crippen LogP contribution in [0.1, 0.15) is 11.3 Å². The Balaban J connectivity index is 2.64. The highest BCUT2D eigenvalue weighted by Gasteiger charge is 2.05. The van der Waals surface area contributed by atoms with Crippen LogP contribution in [0.4, 0.5) is 0 Å². The first-order chi connectivity index (χ1) is 7.27. The lowest BCUT2D eigenvalue weighted by Crippen LogP contribution is -1.87. The van der Waals surface area contributed by atoms with Gasteiger partial charge in [-0.15, -0.1) is 0 Å². The molecule has 0 spiro atoms. The molecule has 0 bridgehead atoms. The molecule has 0 N–H and O–H groups in total. The lowest BCUT2D eigenvalue weighted by atomic mass is 10.1. The summed E-state index contributed by atoms with van der Waals surface area (Å²) >= 11 is 0. The van der Waals surface area contributed by atoms with Crippen molar-refractivity contribution in [1.29, 1.82) is 0 Å². The van der Waals surface area contributed by atoms with E-state index in [1.807, 2.05) is 0 Å². The first-order valence-electron chi connectivity index (χ1n) is 5.23. The quantitative estimate of drug-likeness (QED) is 0.515. The zero-order valence-corrected chi connectivity index (χ0v) is 8.99. The van der Waals surface area contributed by atoms with Gasteiger partial charge in [-0.25, -0.2) is 0 Å². The molecule has 1 nitrogen and oxygen atoms in total. The van der Waals surface area contributed by atoms with Crippen LogP contribution in [0.15, 0.2) is 42.6 Å². The normalized spacial score (nSPS) is 11.3. The van der Waals surface area contributed by atoms with Crippen LogP contribution in [0.3, 0.4) is 0 Å². The maximum Gasteiger partial charge on any atom is 0.0560 e. The van der Waals surface area contributed by atoms with Gasteiger partial charge < -0.3 is 4.40 Å². The van der Waals surface area contributed by atoms with E-state index in [0.29, 0.717) is 0 Å². The molecule has 74 valence electrons. The van der Waals surface area contributed by atoms with Gasteiger partial charge in [-0.3, -0.25) is 0 Å². The Morgan fingerprint density at radius 1 is 1.00 bits per heavy atom. The number of aromatic nitrogens is 1. The van der Waals surface area contributed by atoms with Crippen molar-refractivity contribution >= 4 is 16.3 Å². The van der Waals surface area contributed by atoms with Crippen LogP contribution in [0, 0.1) is 13.8 Å². The van der Waals surface area contributed by atoms with Gasteiger partial charge in [0.15, 0.2) is 0 Å². The third-order valence-corrected chi connectivity index (χ3v) is 3.04. The second kappa shape index (κ2) is 2.86. The summed E-state index contributed by atoms with van der Waals surface area (Å²) in [5, 5.41) is 2.65. The molecule has 3 aromatic rings. The number of hydrogen-bond acceptors (Lipinski definition) is 0. The topological polar surface area (TPSA) is 4.41 Å². The Hall–Kier alpha value is -1.76. The van der Waals surface area contributed by atoms with Gasteiger partial charge in [0.05, 0.1) is 5.52 Å². The van der Waals surface area contributed by atoms with E-state index in [-0.39, 0.29) is 0 Å². The largest absolute Gasteiger partial charge is 0.320 e. The molecule has 0 amide bonds. The number of aryl methyl sites for hydroxylation is 2. The second-order valence-corrected chi connectivity index (χ2v) is 4.09. The lowest BCUT2D eigenvalue weighted by molar-refractivity contribution is 1.12. The highest BCUT2D eigenvalue weighted by atomic mass is 14.9. The molecule has 0 aliphatic rings. The molecule has 2 aromatic heterocycles. The van der Waals surface area contributed by atoms with Crippen LogP contribution in [0.5, 0.6) is 0 Å². The third-order valence-electron chi connectivity index (χ3n) is 3.04.